The summed E-state index contributed by atoms with van der Waals surface area (Å²) < 4.78 is 0. The van der Waals surface area contributed by atoms with E-state index in [1.165, 1.54) is 0 Å². The molecule has 5 heavy (non-hydrogen) atoms. The van der Waals surface area contributed by atoms with Crippen molar-refractivity contribution in [1.29, 1.82) is 0 Å². The van der Waals surface area contributed by atoms with Crippen LogP contribution in [-0.4, -0.2) is 46.0 Å². The topological polar surface area (TPSA) is 57.0 Å². The molecule has 0 aromatic carbocycles. The van der Waals surface area contributed by atoms with Gasteiger partial charge in [0.2, 0.25) is 0 Å². The van der Waals surface area contributed by atoms with Gasteiger partial charge in [0, 0.05) is 0 Å². The van der Waals surface area contributed by atoms with Crippen LogP contribution in [0.1, 0.15) is 0 Å². The smallest absolute Gasteiger partial charge is 2.00 e. The third kappa shape index (κ3) is 22.9. The van der Waals surface area contributed by atoms with Crippen molar-refractivity contribution < 1.29 is 32.7 Å². The fraction of sp³-hybridized carbons (Fsp3) is 0. The third-order valence-electron chi connectivity index (χ3n) is 0. The Kier molecular flexibility index (Phi) is 412. The Balaban J connectivity index is 0. The second kappa shape index (κ2) is 35.2. The fourth-order valence-corrected chi connectivity index (χ4v) is 0. The van der Waals surface area contributed by atoms with E-state index in [1.54, 1.807) is 0 Å². The molecule has 0 unspecified atom stereocenters. The molecule has 0 heterocycles. The summed E-state index contributed by atoms with van der Waals surface area (Å²) in [6.07, 6.45) is 0. The van der Waals surface area contributed by atoms with Gasteiger partial charge in [0.25, 0.3) is 0 Å². The predicted octanol–water partition coefficient (Wildman–Crippen LogP) is -2.61. The molecule has 0 bridgehead atoms. The van der Waals surface area contributed by atoms with E-state index in [2.05, 4.69) is 0 Å². The molecule has 2 nitrogen and oxygen atoms in total. The van der Waals surface area contributed by atoms with E-state index >= 15 is 0 Å². The molecular formula is H6BiGaO2Ti. The molecule has 5 heteroatoms. The standard InChI is InChI=1S/Bi.Ga.2O.Ti.6H/q;;2*-2;+4;;;;;;. The summed E-state index contributed by atoms with van der Waals surface area (Å²) in [4.78, 5) is 0. The molecule has 0 aliphatic rings. The molecule has 0 aromatic rings. The van der Waals surface area contributed by atoms with Crippen LogP contribution >= 0.6 is 0 Å². The van der Waals surface area contributed by atoms with Crippen LogP contribution in [0.3, 0.4) is 0 Å². The van der Waals surface area contributed by atoms with Crippen LogP contribution in [0.4, 0.5) is 0 Å². The van der Waals surface area contributed by atoms with Crippen molar-refractivity contribution in [2.75, 3.05) is 0 Å². The van der Waals surface area contributed by atoms with Gasteiger partial charge in [0.1, 0.15) is 0 Å². The maximum Gasteiger partial charge on any atom is 4.00 e. The minimum Gasteiger partial charge on any atom is -2.00 e. The zero-order chi connectivity index (χ0) is 0. The van der Waals surface area contributed by atoms with E-state index in [9.17, 15) is 0 Å². The van der Waals surface area contributed by atoms with E-state index in [0.717, 1.165) is 0 Å². The van der Waals surface area contributed by atoms with Crippen molar-refractivity contribution in [3.63, 3.8) is 0 Å². The number of hydrogen-bond donors (Lipinski definition) is 0. The Morgan fingerprint density at radius 3 is 0.800 bits per heavy atom. The van der Waals surface area contributed by atoms with Gasteiger partial charge < -0.3 is 11.0 Å². The normalized spacial score (nSPS) is 0. The van der Waals surface area contributed by atoms with Gasteiger partial charge in [-0.25, -0.2) is 0 Å². The van der Waals surface area contributed by atoms with Crippen molar-refractivity contribution in [1.82, 2.24) is 0 Å². The first-order chi connectivity index (χ1) is 0. The second-order valence-corrected chi connectivity index (χ2v) is 0. The van der Waals surface area contributed by atoms with Crippen LogP contribution in [-0.2, 0) is 32.7 Å². The molecule has 0 amide bonds. The van der Waals surface area contributed by atoms with Gasteiger partial charge in [-0.05, 0) is 0 Å². The molecule has 0 rings (SSSR count). The van der Waals surface area contributed by atoms with Crippen LogP contribution in [0.2, 0.25) is 0 Å². The molecule has 0 aliphatic heterocycles. The van der Waals surface area contributed by atoms with Crippen LogP contribution in [0.25, 0.3) is 0 Å². The summed E-state index contributed by atoms with van der Waals surface area (Å²) in [5.41, 5.74) is 0. The third-order valence-corrected chi connectivity index (χ3v) is 0. The average molecular weight is 365 g/mol. The van der Waals surface area contributed by atoms with Gasteiger partial charge in [-0.2, -0.15) is 0 Å². The molecule has 0 saturated heterocycles. The first kappa shape index (κ1) is 58.4. The van der Waals surface area contributed by atoms with E-state index < -0.39 is 0 Å². The van der Waals surface area contributed by atoms with Gasteiger partial charge in [-0.3, -0.25) is 0 Å². The molecule has 0 spiro atoms. The minimum absolute atomic E-state index is 0. The molecule has 0 atom stereocenters. The van der Waals surface area contributed by atoms with Gasteiger partial charge in [-0.15, -0.1) is 0 Å². The van der Waals surface area contributed by atoms with Gasteiger partial charge in [0.15, 0.2) is 0 Å². The molecule has 30 valence electrons. The van der Waals surface area contributed by atoms with Gasteiger partial charge in [0.05, 0.1) is 0 Å². The molecule has 0 aromatic heterocycles. The fourth-order valence-electron chi connectivity index (χ4n) is 0. The summed E-state index contributed by atoms with van der Waals surface area (Å²) in [5.74, 6) is 0. The van der Waals surface area contributed by atoms with Crippen molar-refractivity contribution in [2.45, 2.75) is 0 Å². The van der Waals surface area contributed by atoms with Crippen LogP contribution in [0.5, 0.6) is 0 Å². The molecule has 0 N–H and O–H groups in total. The maximum atomic E-state index is 0. The Bertz CT molecular complexity index is 9.61. The molecule has 0 saturated carbocycles. The maximum absolute atomic E-state index is 0. The van der Waals surface area contributed by atoms with Crippen LogP contribution < -0.4 is 0 Å². The monoisotopic (exact) mass is 364 g/mol. The van der Waals surface area contributed by atoms with Crippen LogP contribution in [0.15, 0.2) is 0 Å². The Morgan fingerprint density at radius 1 is 0.800 bits per heavy atom. The summed E-state index contributed by atoms with van der Waals surface area (Å²) in [5, 5.41) is 0. The van der Waals surface area contributed by atoms with Crippen LogP contribution in [0, 0.1) is 0 Å². The number of rotatable bonds is 0. The van der Waals surface area contributed by atoms with Gasteiger partial charge >= 0.3 is 67.7 Å². The quantitative estimate of drug-likeness (QED) is 0.423. The molecular weight excluding hydrogens is 359 g/mol. The first-order valence-corrected chi connectivity index (χ1v) is 0. The Hall–Kier alpha value is 2.15. The summed E-state index contributed by atoms with van der Waals surface area (Å²) in [6.45, 7) is 0. The summed E-state index contributed by atoms with van der Waals surface area (Å²) >= 11 is 0. The molecule has 0 aliphatic carbocycles. The Morgan fingerprint density at radius 2 is 0.800 bits per heavy atom. The number of hydrogen-bond acceptors (Lipinski definition) is 0. The zero-order valence-electron chi connectivity index (χ0n) is 2.02. The predicted molar refractivity (Wildman–Crippen MR) is 21.3 cm³/mol. The Labute approximate surface area is 77.8 Å². The van der Waals surface area contributed by atoms with Crippen molar-refractivity contribution >= 4 is 46.0 Å². The van der Waals surface area contributed by atoms with Gasteiger partial charge in [-0.1, -0.05) is 0 Å². The largest absolute Gasteiger partial charge is 4.00 e. The SMILES string of the molecule is [BiH3].[GaH3].[O-2].[O-2].[Ti+4]. The first-order valence-electron chi connectivity index (χ1n) is 0. The summed E-state index contributed by atoms with van der Waals surface area (Å²) in [7, 11) is 0. The van der Waals surface area contributed by atoms with Crippen molar-refractivity contribution in [3.05, 3.63) is 0 Å². The van der Waals surface area contributed by atoms with E-state index in [0.29, 0.717) is 0 Å². The second-order valence-electron chi connectivity index (χ2n) is 0. The van der Waals surface area contributed by atoms with E-state index in [1.807, 2.05) is 0 Å². The average Bonchev–Trinajstić information content (AvgIpc) is 0. The zero-order valence-corrected chi connectivity index (χ0v) is 9.08. The molecule has 0 radical (unpaired) electrons. The minimum atomic E-state index is 0. The van der Waals surface area contributed by atoms with Crippen molar-refractivity contribution in [2.24, 2.45) is 0 Å². The molecule has 0 fully saturated rings. The summed E-state index contributed by atoms with van der Waals surface area (Å²) in [6, 6.07) is 0. The van der Waals surface area contributed by atoms with Crippen molar-refractivity contribution in [3.8, 4) is 0 Å². The van der Waals surface area contributed by atoms with E-state index in [4.69, 9.17) is 0 Å². The van der Waals surface area contributed by atoms with E-state index in [-0.39, 0.29) is 78.7 Å².